The van der Waals surface area contributed by atoms with Crippen molar-refractivity contribution in [2.75, 3.05) is 13.1 Å². The Morgan fingerprint density at radius 2 is 1.89 bits per heavy atom. The van der Waals surface area contributed by atoms with E-state index >= 15 is 0 Å². The second kappa shape index (κ2) is 8.50. The van der Waals surface area contributed by atoms with Crippen LogP contribution in [0.3, 0.4) is 0 Å². The number of phenols is 1. The maximum Gasteiger partial charge on any atom is 0.232 e. The van der Waals surface area contributed by atoms with E-state index in [0.29, 0.717) is 41.0 Å². The number of phenolic OH excluding ortho intramolecular Hbond substituents is 1. The van der Waals surface area contributed by atoms with Crippen molar-refractivity contribution in [3.05, 3.63) is 50.9 Å². The van der Waals surface area contributed by atoms with Gasteiger partial charge in [-0.25, -0.2) is 0 Å². The van der Waals surface area contributed by atoms with Crippen molar-refractivity contribution in [3.63, 3.8) is 0 Å². The number of allylic oxidation sites excluding steroid dienone is 1. The fourth-order valence-corrected chi connectivity index (χ4v) is 4.34. The van der Waals surface area contributed by atoms with Crippen LogP contribution in [0.1, 0.15) is 54.1 Å². The average molecular weight is 400 g/mol. The number of carbonyl (C=O) groups excluding carboxylic acids is 1. The van der Waals surface area contributed by atoms with Crippen LogP contribution in [0.25, 0.3) is 6.08 Å². The van der Waals surface area contributed by atoms with Gasteiger partial charge in [0.1, 0.15) is 11.5 Å². The van der Waals surface area contributed by atoms with E-state index in [0.717, 1.165) is 23.5 Å². The van der Waals surface area contributed by atoms with E-state index in [9.17, 15) is 9.90 Å². The molecule has 0 aliphatic carbocycles. The van der Waals surface area contributed by atoms with Crippen LogP contribution in [0.2, 0.25) is 0 Å². The highest BCUT2D eigenvalue weighted by molar-refractivity contribution is 7.10. The molecule has 0 atom stereocenters. The monoisotopic (exact) mass is 399 g/mol. The summed E-state index contributed by atoms with van der Waals surface area (Å²) in [6, 6.07) is 5.59. The Hall–Kier alpha value is -2.11. The van der Waals surface area contributed by atoms with Gasteiger partial charge in [-0.1, -0.05) is 33.8 Å². The number of Topliss-reactive ketones (excluding diaryl/α,β-unsaturated/α-hetero) is 1. The number of carbonyl (C=O) groups is 1. The molecule has 150 valence electrons. The van der Waals surface area contributed by atoms with Crippen LogP contribution >= 0.6 is 11.3 Å². The van der Waals surface area contributed by atoms with Gasteiger partial charge in [0.2, 0.25) is 5.78 Å². The minimum Gasteiger partial charge on any atom is -0.507 e. The molecule has 0 unspecified atom stereocenters. The van der Waals surface area contributed by atoms with E-state index in [2.05, 4.69) is 32.6 Å². The fraction of sp³-hybridized carbons (Fsp3) is 0.435. The molecule has 0 radical (unpaired) electrons. The molecule has 1 N–H and O–H groups in total. The van der Waals surface area contributed by atoms with Crippen molar-refractivity contribution in [2.24, 2.45) is 11.8 Å². The Kier molecular flexibility index (Phi) is 6.26. The Morgan fingerprint density at radius 1 is 1.21 bits per heavy atom. The molecular formula is C23H29NO3S. The number of nitrogens with zero attached hydrogens (tertiary/aromatic N) is 1. The first-order valence-corrected chi connectivity index (χ1v) is 10.7. The van der Waals surface area contributed by atoms with Gasteiger partial charge in [-0.05, 0) is 41.8 Å². The minimum atomic E-state index is -0.110. The van der Waals surface area contributed by atoms with E-state index in [4.69, 9.17) is 4.74 Å². The molecule has 1 aliphatic rings. The van der Waals surface area contributed by atoms with Crippen molar-refractivity contribution < 1.29 is 14.6 Å². The summed E-state index contributed by atoms with van der Waals surface area (Å²) in [4.78, 5) is 16.3. The number of ether oxygens (including phenoxy) is 1. The molecule has 28 heavy (non-hydrogen) atoms. The molecule has 4 nitrogen and oxygen atoms in total. The smallest absolute Gasteiger partial charge is 0.232 e. The molecule has 0 fully saturated rings. The van der Waals surface area contributed by atoms with Gasteiger partial charge in [0.05, 0.1) is 11.1 Å². The number of benzene rings is 1. The summed E-state index contributed by atoms with van der Waals surface area (Å²) in [6.45, 7) is 13.0. The molecule has 1 aromatic heterocycles. The number of aromatic hydroxyl groups is 1. The van der Waals surface area contributed by atoms with Gasteiger partial charge < -0.3 is 9.84 Å². The van der Waals surface area contributed by atoms with E-state index in [1.54, 1.807) is 23.5 Å². The largest absolute Gasteiger partial charge is 0.507 e. The van der Waals surface area contributed by atoms with Crippen molar-refractivity contribution in [1.29, 1.82) is 0 Å². The number of ketones is 1. The van der Waals surface area contributed by atoms with Gasteiger partial charge >= 0.3 is 0 Å². The summed E-state index contributed by atoms with van der Waals surface area (Å²) in [5, 5.41) is 12.6. The fourth-order valence-electron chi connectivity index (χ4n) is 3.70. The highest BCUT2D eigenvalue weighted by Crippen LogP contribution is 2.42. The van der Waals surface area contributed by atoms with Crippen LogP contribution in [-0.4, -0.2) is 28.9 Å². The van der Waals surface area contributed by atoms with Gasteiger partial charge in [-0.15, -0.1) is 11.3 Å². The third-order valence-corrected chi connectivity index (χ3v) is 5.49. The zero-order valence-electron chi connectivity index (χ0n) is 17.3. The topological polar surface area (TPSA) is 49.8 Å². The maximum atomic E-state index is 13.0. The molecule has 1 aliphatic heterocycles. The number of fused-ring (bicyclic) bond motifs is 1. The van der Waals surface area contributed by atoms with E-state index < -0.39 is 0 Å². The molecule has 0 spiro atoms. The molecule has 1 aromatic carbocycles. The molecule has 3 rings (SSSR count). The lowest BCUT2D eigenvalue weighted by Crippen LogP contribution is -2.31. The Bertz CT molecular complexity index is 872. The first kappa shape index (κ1) is 20.6. The Morgan fingerprint density at radius 3 is 2.46 bits per heavy atom. The lowest BCUT2D eigenvalue weighted by atomic mass is 9.99. The van der Waals surface area contributed by atoms with E-state index in [-0.39, 0.29) is 11.5 Å². The van der Waals surface area contributed by atoms with Crippen molar-refractivity contribution in [2.45, 2.75) is 41.2 Å². The summed E-state index contributed by atoms with van der Waals surface area (Å²) >= 11 is 1.56. The molecule has 5 heteroatoms. The molecule has 0 saturated heterocycles. The first-order valence-electron chi connectivity index (χ1n) is 9.81. The molecular weight excluding hydrogens is 370 g/mol. The molecule has 0 saturated carbocycles. The van der Waals surface area contributed by atoms with Crippen LogP contribution in [0.4, 0.5) is 0 Å². The van der Waals surface area contributed by atoms with Gasteiger partial charge in [-0.3, -0.25) is 9.69 Å². The number of thiophene rings is 1. The summed E-state index contributed by atoms with van der Waals surface area (Å²) in [6.07, 6.45) is 1.78. The SMILES string of the molecule is Cc1cc(O)c(CN(CC(C)C)CC(C)C)c2c1C(=O)/C(=C\c1cccs1)O2. The summed E-state index contributed by atoms with van der Waals surface area (Å²) in [5.41, 5.74) is 2.02. The average Bonchev–Trinajstić information content (AvgIpc) is 3.19. The van der Waals surface area contributed by atoms with Gasteiger partial charge in [0.15, 0.2) is 5.76 Å². The van der Waals surface area contributed by atoms with Crippen LogP contribution in [0, 0.1) is 18.8 Å². The normalized spacial score (nSPS) is 15.1. The standard InChI is InChI=1S/C23H29NO3S/c1-14(2)11-24(12-15(3)4)13-18-19(25)9-16(5)21-22(26)20(27-23(18)21)10-17-7-6-8-28-17/h6-10,14-15,25H,11-13H2,1-5H3/b20-10+. The van der Waals surface area contributed by atoms with E-state index in [1.807, 2.05) is 24.4 Å². The number of hydrogen-bond acceptors (Lipinski definition) is 5. The van der Waals surface area contributed by atoms with Crippen LogP contribution in [-0.2, 0) is 6.54 Å². The quantitative estimate of drug-likeness (QED) is 0.625. The highest BCUT2D eigenvalue weighted by atomic mass is 32.1. The third kappa shape index (κ3) is 4.47. The van der Waals surface area contributed by atoms with Crippen LogP contribution in [0.5, 0.6) is 11.5 Å². The van der Waals surface area contributed by atoms with E-state index in [1.165, 1.54) is 0 Å². The predicted molar refractivity (Wildman–Crippen MR) is 115 cm³/mol. The number of hydrogen-bond donors (Lipinski definition) is 1. The zero-order valence-corrected chi connectivity index (χ0v) is 18.1. The second-order valence-corrected chi connectivity index (χ2v) is 9.31. The number of aryl methyl sites for hydroxylation is 1. The molecule has 0 bridgehead atoms. The van der Waals surface area contributed by atoms with Gasteiger partial charge in [0, 0.05) is 30.6 Å². The first-order chi connectivity index (χ1) is 13.3. The summed E-state index contributed by atoms with van der Waals surface area (Å²) in [7, 11) is 0. The van der Waals surface area contributed by atoms with Gasteiger partial charge in [0.25, 0.3) is 0 Å². The summed E-state index contributed by atoms with van der Waals surface area (Å²) in [5.74, 6) is 1.95. The lowest BCUT2D eigenvalue weighted by molar-refractivity contribution is 0.101. The minimum absolute atomic E-state index is 0.110. The van der Waals surface area contributed by atoms with Crippen molar-refractivity contribution >= 4 is 23.2 Å². The summed E-state index contributed by atoms with van der Waals surface area (Å²) < 4.78 is 6.03. The number of rotatable bonds is 7. The predicted octanol–water partition coefficient (Wildman–Crippen LogP) is 5.49. The Balaban J connectivity index is 1.98. The maximum absolute atomic E-state index is 13.0. The van der Waals surface area contributed by atoms with Crippen LogP contribution < -0.4 is 4.74 Å². The highest BCUT2D eigenvalue weighted by Gasteiger charge is 2.33. The van der Waals surface area contributed by atoms with Crippen LogP contribution in [0.15, 0.2) is 29.3 Å². The molecule has 0 amide bonds. The zero-order chi connectivity index (χ0) is 20.4. The lowest BCUT2D eigenvalue weighted by Gasteiger charge is -2.27. The van der Waals surface area contributed by atoms with Crippen molar-refractivity contribution in [1.82, 2.24) is 4.90 Å². The van der Waals surface area contributed by atoms with Gasteiger partial charge in [-0.2, -0.15) is 0 Å². The molecule has 2 heterocycles. The van der Waals surface area contributed by atoms with Crippen molar-refractivity contribution in [3.8, 4) is 11.5 Å². The Labute approximate surface area is 171 Å². The second-order valence-electron chi connectivity index (χ2n) is 8.33. The third-order valence-electron chi connectivity index (χ3n) is 4.67. The molecule has 2 aromatic rings.